The Labute approximate surface area is 123 Å². The number of halogens is 1. The van der Waals surface area contributed by atoms with Crippen molar-refractivity contribution < 1.29 is 4.74 Å². The molecular weight excluding hydrogens is 335 g/mol. The molecule has 2 rings (SSSR count). The molecule has 1 nitrogen and oxygen atoms in total. The van der Waals surface area contributed by atoms with Crippen molar-refractivity contribution in [3.8, 4) is 0 Å². The van der Waals surface area contributed by atoms with Gasteiger partial charge in [-0.25, -0.2) is 0 Å². The van der Waals surface area contributed by atoms with Crippen LogP contribution in [0, 0.1) is 0 Å². The summed E-state index contributed by atoms with van der Waals surface area (Å²) in [6.07, 6.45) is 11.9. The Balaban J connectivity index is 1.97. The van der Waals surface area contributed by atoms with Crippen LogP contribution in [0.5, 0.6) is 0 Å². The summed E-state index contributed by atoms with van der Waals surface area (Å²) in [5, 5.41) is 0. The maximum absolute atomic E-state index is 6.22. The highest BCUT2D eigenvalue weighted by atomic mass is 127. The molecule has 0 heterocycles. The Hall–Kier alpha value is -0.610. The number of hydrogen-bond acceptors (Lipinski definition) is 1. The molecule has 0 aliphatic heterocycles. The van der Waals surface area contributed by atoms with Crippen molar-refractivity contribution >= 4 is 22.6 Å². The maximum Gasteiger partial charge on any atom is 0.0904 e. The molecule has 1 unspecified atom stereocenters. The van der Waals surface area contributed by atoms with E-state index < -0.39 is 0 Å². The Morgan fingerprint density at radius 1 is 1.17 bits per heavy atom. The fourth-order valence-electron chi connectivity index (χ4n) is 2.18. The lowest BCUT2D eigenvalue weighted by atomic mass is 9.90. The molecule has 2 heteroatoms. The van der Waals surface area contributed by atoms with Gasteiger partial charge in [0.05, 0.1) is 12.2 Å². The first kappa shape index (κ1) is 13.8. The summed E-state index contributed by atoms with van der Waals surface area (Å²) < 4.78 is 7.40. The van der Waals surface area contributed by atoms with Crippen LogP contribution < -0.4 is 0 Å². The summed E-state index contributed by atoms with van der Waals surface area (Å²) in [6.45, 7) is 0.695. The molecule has 0 bridgehead atoms. The maximum atomic E-state index is 6.22. The van der Waals surface area contributed by atoms with Gasteiger partial charge >= 0.3 is 0 Å². The van der Waals surface area contributed by atoms with E-state index >= 15 is 0 Å². The monoisotopic (exact) mass is 354 g/mol. The largest absolute Gasteiger partial charge is 0.366 e. The average Bonchev–Trinajstić information content (AvgIpc) is 2.45. The standard InChI is InChI=1S/C16H19IO/c17-13-7-12-16(10-5-2-6-11-16)18-14-15-8-3-1-4-9-15/h1-6,8-10H,7,11-14H2. The predicted octanol–water partition coefficient (Wildman–Crippen LogP) is 4.67. The van der Waals surface area contributed by atoms with E-state index in [1.807, 2.05) is 6.07 Å². The van der Waals surface area contributed by atoms with Crippen LogP contribution in [0.1, 0.15) is 24.8 Å². The van der Waals surface area contributed by atoms with Crippen molar-refractivity contribution in [3.05, 3.63) is 60.2 Å². The normalized spacial score (nSPS) is 22.3. The summed E-state index contributed by atoms with van der Waals surface area (Å²) >= 11 is 2.43. The number of allylic oxidation sites excluding steroid dienone is 2. The van der Waals surface area contributed by atoms with Gasteiger partial charge in [0.25, 0.3) is 0 Å². The molecule has 0 radical (unpaired) electrons. The Morgan fingerprint density at radius 2 is 2.00 bits per heavy atom. The smallest absolute Gasteiger partial charge is 0.0904 e. The van der Waals surface area contributed by atoms with Gasteiger partial charge < -0.3 is 4.74 Å². The lowest BCUT2D eigenvalue weighted by Crippen LogP contribution is -2.30. The zero-order valence-electron chi connectivity index (χ0n) is 10.5. The number of benzene rings is 1. The summed E-state index contributed by atoms with van der Waals surface area (Å²) in [5.41, 5.74) is 1.16. The van der Waals surface area contributed by atoms with E-state index in [9.17, 15) is 0 Å². The second-order valence-electron chi connectivity index (χ2n) is 4.62. The van der Waals surface area contributed by atoms with Gasteiger partial charge in [0.1, 0.15) is 0 Å². The molecule has 1 aromatic carbocycles. The van der Waals surface area contributed by atoms with Crippen LogP contribution >= 0.6 is 22.6 Å². The molecule has 1 aliphatic carbocycles. The summed E-state index contributed by atoms with van der Waals surface area (Å²) in [7, 11) is 0. The molecule has 0 saturated heterocycles. The van der Waals surface area contributed by atoms with E-state index in [4.69, 9.17) is 4.74 Å². The lowest BCUT2D eigenvalue weighted by molar-refractivity contribution is -0.0250. The van der Waals surface area contributed by atoms with Crippen LogP contribution in [0.15, 0.2) is 54.6 Å². The minimum atomic E-state index is -0.0875. The van der Waals surface area contributed by atoms with Crippen LogP contribution in [0.25, 0.3) is 0 Å². The zero-order valence-corrected chi connectivity index (χ0v) is 12.7. The molecular formula is C16H19IO. The van der Waals surface area contributed by atoms with Gasteiger partial charge in [0, 0.05) is 0 Å². The lowest BCUT2D eigenvalue weighted by Gasteiger charge is -2.31. The van der Waals surface area contributed by atoms with Crippen molar-refractivity contribution in [2.24, 2.45) is 0 Å². The third-order valence-electron chi connectivity index (χ3n) is 3.21. The molecule has 0 amide bonds. The minimum absolute atomic E-state index is 0.0875. The van der Waals surface area contributed by atoms with Gasteiger partial charge in [-0.2, -0.15) is 0 Å². The highest BCUT2D eigenvalue weighted by Gasteiger charge is 2.27. The molecule has 18 heavy (non-hydrogen) atoms. The Bertz CT molecular complexity index is 410. The quantitative estimate of drug-likeness (QED) is 0.533. The van der Waals surface area contributed by atoms with Gasteiger partial charge in [-0.1, -0.05) is 77.2 Å². The van der Waals surface area contributed by atoms with E-state index in [0.717, 1.165) is 12.8 Å². The summed E-state index contributed by atoms with van der Waals surface area (Å²) in [5.74, 6) is 0. The van der Waals surface area contributed by atoms with Gasteiger partial charge in [-0.15, -0.1) is 0 Å². The predicted molar refractivity (Wildman–Crippen MR) is 85.0 cm³/mol. The summed E-state index contributed by atoms with van der Waals surface area (Å²) in [4.78, 5) is 0. The fraction of sp³-hybridized carbons (Fsp3) is 0.375. The molecule has 0 spiro atoms. The number of hydrogen-bond donors (Lipinski definition) is 0. The molecule has 1 atom stereocenters. The van der Waals surface area contributed by atoms with Crippen LogP contribution in [-0.4, -0.2) is 10.0 Å². The molecule has 0 saturated carbocycles. The van der Waals surface area contributed by atoms with Gasteiger partial charge in [-0.05, 0) is 29.3 Å². The highest BCUT2D eigenvalue weighted by molar-refractivity contribution is 14.1. The third-order valence-corrected chi connectivity index (χ3v) is 3.98. The summed E-state index contributed by atoms with van der Waals surface area (Å²) in [6, 6.07) is 10.4. The van der Waals surface area contributed by atoms with Gasteiger partial charge in [-0.3, -0.25) is 0 Å². The van der Waals surface area contributed by atoms with Crippen LogP contribution in [-0.2, 0) is 11.3 Å². The number of alkyl halides is 1. The van der Waals surface area contributed by atoms with Crippen LogP contribution in [0.3, 0.4) is 0 Å². The van der Waals surface area contributed by atoms with Crippen molar-refractivity contribution in [2.75, 3.05) is 4.43 Å². The van der Waals surface area contributed by atoms with Crippen molar-refractivity contribution in [1.29, 1.82) is 0 Å². The van der Waals surface area contributed by atoms with E-state index in [0.29, 0.717) is 6.61 Å². The SMILES string of the molecule is ICCCC1(OCc2ccccc2)C=CC=CC1. The Morgan fingerprint density at radius 3 is 2.67 bits per heavy atom. The molecule has 0 aromatic heterocycles. The molecule has 96 valence electrons. The second kappa shape index (κ2) is 7.10. The average molecular weight is 354 g/mol. The number of ether oxygens (including phenoxy) is 1. The van der Waals surface area contributed by atoms with E-state index in [1.54, 1.807) is 0 Å². The van der Waals surface area contributed by atoms with Gasteiger partial charge in [0.2, 0.25) is 0 Å². The first-order chi connectivity index (χ1) is 8.85. The zero-order chi connectivity index (χ0) is 12.7. The van der Waals surface area contributed by atoms with Crippen molar-refractivity contribution in [1.82, 2.24) is 0 Å². The Kier molecular flexibility index (Phi) is 5.45. The third kappa shape index (κ3) is 3.95. The fourth-order valence-corrected chi connectivity index (χ4v) is 2.56. The molecule has 0 fully saturated rings. The number of rotatable bonds is 6. The molecule has 1 aromatic rings. The first-order valence-corrected chi connectivity index (χ1v) is 7.95. The van der Waals surface area contributed by atoms with Crippen molar-refractivity contribution in [2.45, 2.75) is 31.5 Å². The van der Waals surface area contributed by atoms with E-state index in [-0.39, 0.29) is 5.60 Å². The molecule has 1 aliphatic rings. The second-order valence-corrected chi connectivity index (χ2v) is 5.70. The van der Waals surface area contributed by atoms with Gasteiger partial charge in [0.15, 0.2) is 0 Å². The van der Waals surface area contributed by atoms with Crippen LogP contribution in [0.4, 0.5) is 0 Å². The molecule has 0 N–H and O–H groups in total. The topological polar surface area (TPSA) is 9.23 Å². The first-order valence-electron chi connectivity index (χ1n) is 6.43. The van der Waals surface area contributed by atoms with E-state index in [1.165, 1.54) is 16.4 Å². The highest BCUT2D eigenvalue weighted by Crippen LogP contribution is 2.29. The van der Waals surface area contributed by atoms with Crippen LogP contribution in [0.2, 0.25) is 0 Å². The van der Waals surface area contributed by atoms with E-state index in [2.05, 4.69) is 71.2 Å². The minimum Gasteiger partial charge on any atom is -0.366 e. The van der Waals surface area contributed by atoms with Crippen molar-refractivity contribution in [3.63, 3.8) is 0 Å².